The average molecular weight is 519 g/mol. The summed E-state index contributed by atoms with van der Waals surface area (Å²) in [5.41, 5.74) is 2.53. The minimum absolute atomic E-state index is 0.100. The van der Waals surface area contributed by atoms with Crippen LogP contribution >= 0.6 is 0 Å². The molecule has 5 fully saturated rings. The number of nitrogens with zero attached hydrogens (tertiary/aromatic N) is 1. The molecule has 3 aromatic rings. The molecule has 1 N–H and O–H groups in total. The lowest BCUT2D eigenvalue weighted by atomic mass is 9.48. The summed E-state index contributed by atoms with van der Waals surface area (Å²) >= 11 is 0. The summed E-state index contributed by atoms with van der Waals surface area (Å²) < 4.78 is 5.89. The molecule has 4 amide bonds. The quantitative estimate of drug-likeness (QED) is 0.305. The minimum Gasteiger partial charge on any atom is -0.457 e. The molecule has 39 heavy (non-hydrogen) atoms. The lowest BCUT2D eigenvalue weighted by Crippen LogP contribution is -2.54. The molecule has 0 spiro atoms. The van der Waals surface area contributed by atoms with E-state index < -0.39 is 17.8 Å². The van der Waals surface area contributed by atoms with E-state index in [4.69, 9.17) is 4.74 Å². The molecule has 0 radical (unpaired) electrons. The molecule has 1 saturated heterocycles. The first-order valence-electron chi connectivity index (χ1n) is 13.8. The molecule has 1 aliphatic heterocycles. The van der Waals surface area contributed by atoms with E-state index >= 15 is 0 Å². The Morgan fingerprint density at radius 1 is 0.769 bits per heavy atom. The van der Waals surface area contributed by atoms with E-state index in [2.05, 4.69) is 17.4 Å². The zero-order chi connectivity index (χ0) is 26.6. The maximum absolute atomic E-state index is 13.5. The van der Waals surface area contributed by atoms with Crippen LogP contribution < -0.4 is 15.0 Å². The number of hydrogen-bond acceptors (Lipinski definition) is 4. The molecular formula is C33H30N2O4. The highest BCUT2D eigenvalue weighted by molar-refractivity contribution is 6.39. The molecule has 5 aliphatic rings. The highest BCUT2D eigenvalue weighted by Gasteiger charge is 2.51. The standard InChI is InChI=1S/C33H30N2O4/c36-30-29(17-21-5-4-8-28(16-21)39-27-6-2-1-3-7-27)31(37)35(32(38)34-30)26-11-9-25(10-12-26)33-18-22-13-23(19-33)15-24(14-22)20-33/h1-12,16-17,22-24H,13-15,18-20H2,(H,34,36,38)/b29-17+. The van der Waals surface area contributed by atoms with Gasteiger partial charge in [0.05, 0.1) is 5.69 Å². The van der Waals surface area contributed by atoms with Crippen LogP contribution in [-0.4, -0.2) is 17.8 Å². The van der Waals surface area contributed by atoms with Crippen molar-refractivity contribution in [2.45, 2.75) is 43.9 Å². The topological polar surface area (TPSA) is 75.7 Å². The van der Waals surface area contributed by atoms with E-state index in [9.17, 15) is 14.4 Å². The molecule has 0 unspecified atom stereocenters. The minimum atomic E-state index is -0.731. The summed E-state index contributed by atoms with van der Waals surface area (Å²) in [7, 11) is 0. The number of carbonyl (C=O) groups is 3. The number of ether oxygens (including phenoxy) is 1. The van der Waals surface area contributed by atoms with E-state index in [0.717, 1.165) is 22.7 Å². The van der Waals surface area contributed by atoms with Crippen molar-refractivity contribution >= 4 is 29.6 Å². The van der Waals surface area contributed by atoms with Gasteiger partial charge < -0.3 is 4.74 Å². The predicted molar refractivity (Wildman–Crippen MR) is 148 cm³/mol. The van der Waals surface area contributed by atoms with Gasteiger partial charge in [-0.3, -0.25) is 14.9 Å². The molecule has 196 valence electrons. The molecule has 8 rings (SSSR count). The molecule has 3 aromatic carbocycles. The van der Waals surface area contributed by atoms with Crippen LogP contribution in [-0.2, 0) is 15.0 Å². The van der Waals surface area contributed by atoms with Crippen LogP contribution in [0.1, 0.15) is 49.7 Å². The first-order chi connectivity index (χ1) is 19.0. The average Bonchev–Trinajstić information content (AvgIpc) is 2.91. The van der Waals surface area contributed by atoms with Gasteiger partial charge in [-0.25, -0.2) is 9.69 Å². The number of anilines is 1. The van der Waals surface area contributed by atoms with Gasteiger partial charge in [-0.15, -0.1) is 0 Å². The SMILES string of the molecule is O=C1NC(=O)N(c2ccc(C34CC5CC(CC(C5)C3)C4)cc2)C(=O)/C1=C/c1cccc(Oc2ccccc2)c1. The zero-order valence-corrected chi connectivity index (χ0v) is 21.6. The molecule has 1 heterocycles. The number of hydrogen-bond donors (Lipinski definition) is 1. The molecule has 4 aliphatic carbocycles. The predicted octanol–water partition coefficient (Wildman–Crippen LogP) is 6.61. The van der Waals surface area contributed by atoms with Crippen LogP contribution in [0.25, 0.3) is 6.08 Å². The van der Waals surface area contributed by atoms with Crippen LogP contribution in [0.3, 0.4) is 0 Å². The maximum atomic E-state index is 13.5. The summed E-state index contributed by atoms with van der Waals surface area (Å²) in [6, 6.07) is 23.7. The molecule has 6 nitrogen and oxygen atoms in total. The number of carbonyl (C=O) groups excluding carboxylic acids is 3. The van der Waals surface area contributed by atoms with Crippen molar-refractivity contribution in [3.63, 3.8) is 0 Å². The summed E-state index contributed by atoms with van der Waals surface area (Å²) in [5, 5.41) is 2.33. The molecule has 4 bridgehead atoms. The third kappa shape index (κ3) is 4.34. The Bertz CT molecular complexity index is 1460. The van der Waals surface area contributed by atoms with Gasteiger partial charge in [0.1, 0.15) is 17.1 Å². The lowest BCUT2D eigenvalue weighted by molar-refractivity contribution is -0.122. The van der Waals surface area contributed by atoms with Crippen LogP contribution in [0.2, 0.25) is 0 Å². The number of imide groups is 2. The highest BCUT2D eigenvalue weighted by atomic mass is 16.5. The maximum Gasteiger partial charge on any atom is 0.335 e. The van der Waals surface area contributed by atoms with Gasteiger partial charge in [-0.2, -0.15) is 0 Å². The van der Waals surface area contributed by atoms with Crippen molar-refractivity contribution in [3.05, 3.63) is 95.6 Å². The van der Waals surface area contributed by atoms with Gasteiger partial charge in [0, 0.05) is 0 Å². The number of rotatable bonds is 5. The van der Waals surface area contributed by atoms with Crippen LogP contribution in [0.15, 0.2) is 84.4 Å². The van der Waals surface area contributed by atoms with Crippen molar-refractivity contribution in [1.82, 2.24) is 5.32 Å². The van der Waals surface area contributed by atoms with E-state index in [-0.39, 0.29) is 11.0 Å². The fraction of sp³-hybridized carbons (Fsp3) is 0.303. The Labute approximate surface area is 227 Å². The summed E-state index contributed by atoms with van der Waals surface area (Å²) in [6.45, 7) is 0. The van der Waals surface area contributed by atoms with E-state index in [1.165, 1.54) is 50.2 Å². The van der Waals surface area contributed by atoms with Crippen molar-refractivity contribution in [3.8, 4) is 11.5 Å². The molecular weight excluding hydrogens is 488 g/mol. The summed E-state index contributed by atoms with van der Waals surface area (Å²) in [6.07, 6.45) is 9.37. The smallest absolute Gasteiger partial charge is 0.335 e. The number of benzene rings is 3. The second-order valence-electron chi connectivity index (χ2n) is 11.7. The second kappa shape index (κ2) is 9.23. The monoisotopic (exact) mass is 518 g/mol. The van der Waals surface area contributed by atoms with Crippen molar-refractivity contribution in [2.75, 3.05) is 4.90 Å². The lowest BCUT2D eigenvalue weighted by Gasteiger charge is -2.57. The largest absolute Gasteiger partial charge is 0.457 e. The summed E-state index contributed by atoms with van der Waals surface area (Å²) in [4.78, 5) is 40.0. The number of para-hydroxylation sites is 1. The number of amides is 4. The van der Waals surface area contributed by atoms with E-state index in [0.29, 0.717) is 22.7 Å². The molecule has 4 saturated carbocycles. The molecule has 0 atom stereocenters. The fourth-order valence-electron chi connectivity index (χ4n) is 7.78. The van der Waals surface area contributed by atoms with Crippen LogP contribution in [0, 0.1) is 17.8 Å². The Balaban J connectivity index is 1.14. The van der Waals surface area contributed by atoms with E-state index in [1.54, 1.807) is 24.3 Å². The van der Waals surface area contributed by atoms with Gasteiger partial charge in [0.2, 0.25) is 0 Å². The Morgan fingerprint density at radius 2 is 1.41 bits per heavy atom. The van der Waals surface area contributed by atoms with Crippen LogP contribution in [0.4, 0.5) is 10.5 Å². The number of nitrogens with one attached hydrogen (secondary N) is 1. The Hall–Kier alpha value is -4.19. The van der Waals surface area contributed by atoms with Gasteiger partial charge in [-0.1, -0.05) is 42.5 Å². The first-order valence-corrected chi connectivity index (χ1v) is 13.8. The summed E-state index contributed by atoms with van der Waals surface area (Å²) in [5.74, 6) is 2.42. The van der Waals surface area contributed by atoms with Crippen LogP contribution in [0.5, 0.6) is 11.5 Å². The zero-order valence-electron chi connectivity index (χ0n) is 21.6. The number of barbiturate groups is 1. The molecule has 6 heteroatoms. The fourth-order valence-corrected chi connectivity index (χ4v) is 7.78. The second-order valence-corrected chi connectivity index (χ2v) is 11.7. The Morgan fingerprint density at radius 3 is 2.08 bits per heavy atom. The van der Waals surface area contributed by atoms with Gasteiger partial charge in [-0.05, 0) is 115 Å². The Kier molecular flexibility index (Phi) is 5.65. The highest BCUT2D eigenvalue weighted by Crippen LogP contribution is 2.60. The van der Waals surface area contributed by atoms with Gasteiger partial charge >= 0.3 is 6.03 Å². The number of urea groups is 1. The first kappa shape index (κ1) is 23.9. The van der Waals surface area contributed by atoms with Gasteiger partial charge in [0.15, 0.2) is 0 Å². The molecule has 0 aromatic heterocycles. The third-order valence-corrected chi connectivity index (χ3v) is 9.03. The normalized spacial score (nSPS) is 28.6. The third-order valence-electron chi connectivity index (χ3n) is 9.03. The van der Waals surface area contributed by atoms with Crippen molar-refractivity contribution in [1.29, 1.82) is 0 Å². The van der Waals surface area contributed by atoms with Crippen molar-refractivity contribution < 1.29 is 19.1 Å². The van der Waals surface area contributed by atoms with Gasteiger partial charge in [0.25, 0.3) is 11.8 Å². The van der Waals surface area contributed by atoms with E-state index in [1.807, 2.05) is 42.5 Å². The van der Waals surface area contributed by atoms with Crippen molar-refractivity contribution in [2.24, 2.45) is 17.8 Å².